The molecule has 1 N–H and O–H groups in total. The average Bonchev–Trinajstić information content (AvgIpc) is 2.70. The standard InChI is InChI=1S/C23H27BrN2O4/c1-5-30-21(28)12-11-20(27)26(15-23(2,3)4)19-10-9-16(24)14-17(19)22(29)18-8-6-7-13-25-18/h6-14,22,29H,5,15H2,1-4H3/b12-11-. The van der Waals surface area contributed by atoms with Gasteiger partial charge in [-0.25, -0.2) is 4.79 Å². The maximum Gasteiger partial charge on any atom is 0.330 e. The molecule has 1 aromatic carbocycles. The van der Waals surface area contributed by atoms with E-state index in [0.717, 1.165) is 10.5 Å². The van der Waals surface area contributed by atoms with Crippen molar-refractivity contribution < 1.29 is 19.4 Å². The first-order valence-electron chi connectivity index (χ1n) is 9.67. The molecular formula is C23H27BrN2O4. The lowest BCUT2D eigenvalue weighted by molar-refractivity contribution is -0.137. The number of benzene rings is 1. The van der Waals surface area contributed by atoms with Crippen molar-refractivity contribution in [2.24, 2.45) is 5.41 Å². The van der Waals surface area contributed by atoms with Crippen LogP contribution in [0.15, 0.2) is 59.2 Å². The number of anilines is 1. The van der Waals surface area contributed by atoms with Gasteiger partial charge in [0.1, 0.15) is 6.10 Å². The Morgan fingerprint density at radius 1 is 1.23 bits per heavy atom. The summed E-state index contributed by atoms with van der Waals surface area (Å²) in [6.45, 7) is 8.34. The summed E-state index contributed by atoms with van der Waals surface area (Å²) in [5.74, 6) is -0.958. The van der Waals surface area contributed by atoms with Crippen molar-refractivity contribution in [1.29, 1.82) is 0 Å². The number of hydrogen-bond donors (Lipinski definition) is 1. The van der Waals surface area contributed by atoms with Crippen LogP contribution in [-0.4, -0.2) is 35.1 Å². The van der Waals surface area contributed by atoms with E-state index in [1.54, 1.807) is 48.4 Å². The van der Waals surface area contributed by atoms with Gasteiger partial charge in [-0.1, -0.05) is 42.8 Å². The van der Waals surface area contributed by atoms with Crippen LogP contribution in [0.4, 0.5) is 5.69 Å². The molecule has 0 aliphatic carbocycles. The van der Waals surface area contributed by atoms with Gasteiger partial charge in [0.25, 0.3) is 5.91 Å². The third kappa shape index (κ3) is 6.78. The monoisotopic (exact) mass is 474 g/mol. The van der Waals surface area contributed by atoms with Crippen LogP contribution in [0, 0.1) is 5.41 Å². The van der Waals surface area contributed by atoms with Crippen molar-refractivity contribution in [3.05, 3.63) is 70.5 Å². The predicted molar refractivity (Wildman–Crippen MR) is 120 cm³/mol. The van der Waals surface area contributed by atoms with Crippen LogP contribution in [-0.2, 0) is 14.3 Å². The summed E-state index contributed by atoms with van der Waals surface area (Å²) in [5.41, 5.74) is 1.32. The molecule has 1 heterocycles. The van der Waals surface area contributed by atoms with Crippen LogP contribution < -0.4 is 4.90 Å². The zero-order valence-electron chi connectivity index (χ0n) is 17.6. The van der Waals surface area contributed by atoms with Gasteiger partial charge in [-0.2, -0.15) is 0 Å². The second-order valence-electron chi connectivity index (χ2n) is 7.93. The molecule has 0 bridgehead atoms. The minimum atomic E-state index is -1.02. The lowest BCUT2D eigenvalue weighted by Gasteiger charge is -2.31. The molecule has 1 aromatic heterocycles. The first-order chi connectivity index (χ1) is 14.1. The molecule has 1 atom stereocenters. The van der Waals surface area contributed by atoms with Crippen LogP contribution >= 0.6 is 15.9 Å². The molecule has 2 rings (SSSR count). The van der Waals surface area contributed by atoms with E-state index >= 15 is 0 Å². The predicted octanol–water partition coefficient (Wildman–Crippen LogP) is 4.42. The molecule has 1 amide bonds. The van der Waals surface area contributed by atoms with Crippen molar-refractivity contribution in [3.8, 4) is 0 Å². The first kappa shape index (κ1) is 23.8. The number of ether oxygens (including phenoxy) is 1. The molecule has 1 unspecified atom stereocenters. The number of nitrogens with zero attached hydrogens (tertiary/aromatic N) is 2. The summed E-state index contributed by atoms with van der Waals surface area (Å²) in [5, 5.41) is 11.0. The Morgan fingerprint density at radius 3 is 2.57 bits per heavy atom. The Kier molecular flexibility index (Phi) is 8.32. The van der Waals surface area contributed by atoms with Crippen molar-refractivity contribution in [3.63, 3.8) is 0 Å². The molecule has 0 aliphatic heterocycles. The molecule has 0 saturated heterocycles. The number of carbonyl (C=O) groups excluding carboxylic acids is 2. The normalized spacial score (nSPS) is 12.6. The van der Waals surface area contributed by atoms with E-state index in [4.69, 9.17) is 4.74 Å². The summed E-state index contributed by atoms with van der Waals surface area (Å²) >= 11 is 3.44. The SMILES string of the molecule is CCOC(=O)/C=C\C(=O)N(CC(C)(C)C)c1ccc(Br)cc1C(O)c1ccccn1. The van der Waals surface area contributed by atoms with Gasteiger partial charge in [0, 0.05) is 34.9 Å². The topological polar surface area (TPSA) is 79.7 Å². The van der Waals surface area contributed by atoms with E-state index in [0.29, 0.717) is 23.5 Å². The van der Waals surface area contributed by atoms with Gasteiger partial charge in [-0.15, -0.1) is 0 Å². The van der Waals surface area contributed by atoms with Crippen molar-refractivity contribution in [2.45, 2.75) is 33.8 Å². The quantitative estimate of drug-likeness (QED) is 0.474. The van der Waals surface area contributed by atoms with Crippen LogP contribution in [0.3, 0.4) is 0 Å². The van der Waals surface area contributed by atoms with Gasteiger partial charge in [0.05, 0.1) is 18.0 Å². The second kappa shape index (κ2) is 10.5. The molecule has 0 radical (unpaired) electrons. The summed E-state index contributed by atoms with van der Waals surface area (Å²) in [7, 11) is 0. The second-order valence-corrected chi connectivity index (χ2v) is 8.85. The van der Waals surface area contributed by atoms with Gasteiger partial charge >= 0.3 is 5.97 Å². The summed E-state index contributed by atoms with van der Waals surface area (Å²) in [6, 6.07) is 10.6. The highest BCUT2D eigenvalue weighted by atomic mass is 79.9. The minimum Gasteiger partial charge on any atom is -0.463 e. The number of rotatable bonds is 7. The highest BCUT2D eigenvalue weighted by molar-refractivity contribution is 9.10. The van der Waals surface area contributed by atoms with Crippen LogP contribution in [0.1, 0.15) is 45.1 Å². The number of aliphatic hydroxyl groups is 1. The molecule has 0 spiro atoms. The number of pyridine rings is 1. The molecule has 160 valence electrons. The van der Waals surface area contributed by atoms with Crippen molar-refractivity contribution >= 4 is 33.5 Å². The summed E-state index contributed by atoms with van der Waals surface area (Å²) in [6.07, 6.45) is 2.90. The fraction of sp³-hybridized carbons (Fsp3) is 0.348. The minimum absolute atomic E-state index is 0.228. The van der Waals surface area contributed by atoms with E-state index < -0.39 is 12.1 Å². The van der Waals surface area contributed by atoms with Crippen molar-refractivity contribution in [2.75, 3.05) is 18.1 Å². The lowest BCUT2D eigenvalue weighted by atomic mass is 9.94. The van der Waals surface area contributed by atoms with E-state index in [9.17, 15) is 14.7 Å². The van der Waals surface area contributed by atoms with Gasteiger partial charge < -0.3 is 14.7 Å². The number of hydrogen-bond acceptors (Lipinski definition) is 5. The fourth-order valence-electron chi connectivity index (χ4n) is 2.86. The Morgan fingerprint density at radius 2 is 1.97 bits per heavy atom. The number of aliphatic hydroxyl groups excluding tert-OH is 1. The van der Waals surface area contributed by atoms with E-state index in [1.165, 1.54) is 6.08 Å². The zero-order chi connectivity index (χ0) is 22.3. The third-order valence-electron chi connectivity index (χ3n) is 4.09. The fourth-order valence-corrected chi connectivity index (χ4v) is 3.24. The Balaban J connectivity index is 2.50. The molecule has 30 heavy (non-hydrogen) atoms. The maximum atomic E-state index is 13.0. The van der Waals surface area contributed by atoms with Crippen LogP contribution in [0.25, 0.3) is 0 Å². The Hall–Kier alpha value is -2.51. The smallest absolute Gasteiger partial charge is 0.330 e. The number of esters is 1. The highest BCUT2D eigenvalue weighted by Crippen LogP contribution is 2.34. The average molecular weight is 475 g/mol. The molecule has 6 nitrogen and oxygen atoms in total. The number of aromatic nitrogens is 1. The molecule has 0 fully saturated rings. The third-order valence-corrected chi connectivity index (χ3v) is 4.58. The Bertz CT molecular complexity index is 907. The molecule has 7 heteroatoms. The van der Waals surface area contributed by atoms with Gasteiger partial charge in [0.15, 0.2) is 0 Å². The number of amides is 1. The summed E-state index contributed by atoms with van der Waals surface area (Å²) < 4.78 is 5.63. The van der Waals surface area contributed by atoms with Crippen LogP contribution in [0.5, 0.6) is 0 Å². The van der Waals surface area contributed by atoms with Crippen LogP contribution in [0.2, 0.25) is 0 Å². The largest absolute Gasteiger partial charge is 0.463 e. The molecule has 0 saturated carbocycles. The molecule has 2 aromatic rings. The number of carbonyl (C=O) groups is 2. The van der Waals surface area contributed by atoms with Gasteiger partial charge in [-0.05, 0) is 42.7 Å². The maximum absolute atomic E-state index is 13.0. The molecular weight excluding hydrogens is 448 g/mol. The zero-order valence-corrected chi connectivity index (χ0v) is 19.2. The highest BCUT2D eigenvalue weighted by Gasteiger charge is 2.26. The van der Waals surface area contributed by atoms with E-state index in [2.05, 4.69) is 20.9 Å². The van der Waals surface area contributed by atoms with Crippen molar-refractivity contribution in [1.82, 2.24) is 4.98 Å². The molecule has 0 aliphatic rings. The Labute approximate surface area is 185 Å². The van der Waals surface area contributed by atoms with Gasteiger partial charge in [-0.3, -0.25) is 9.78 Å². The lowest BCUT2D eigenvalue weighted by Crippen LogP contribution is -2.38. The first-order valence-corrected chi connectivity index (χ1v) is 10.5. The van der Waals surface area contributed by atoms with E-state index in [-0.39, 0.29) is 17.9 Å². The van der Waals surface area contributed by atoms with E-state index in [1.807, 2.05) is 26.8 Å². The number of halogens is 1. The summed E-state index contributed by atoms with van der Waals surface area (Å²) in [4.78, 5) is 30.5. The van der Waals surface area contributed by atoms with Gasteiger partial charge in [0.2, 0.25) is 0 Å².